The molecule has 0 radical (unpaired) electrons. The minimum absolute atomic E-state index is 0.186. The molecule has 120 valence electrons. The summed E-state index contributed by atoms with van der Waals surface area (Å²) in [5, 5.41) is 9.21. The zero-order chi connectivity index (χ0) is 15.4. The maximum atomic E-state index is 12.2. The second-order valence-electron chi connectivity index (χ2n) is 6.12. The molecule has 0 aromatic heterocycles. The predicted molar refractivity (Wildman–Crippen MR) is 83.4 cm³/mol. The highest BCUT2D eigenvalue weighted by Crippen LogP contribution is 2.31. The first kappa shape index (κ1) is 15.3. The number of aliphatic hydroxyl groups excluding tert-OH is 1. The van der Waals surface area contributed by atoms with Crippen LogP contribution in [0.2, 0.25) is 0 Å². The Hall–Kier alpha value is -1.59. The standard InChI is InChI=1S/C17H24N2O3/c20-11-10-19(15-6-7-15)16-8-9-18(12-16)17(21)22-13-14-4-2-1-3-5-14/h1-5,15-16,20H,6-13H2/t16-/m1/s1. The van der Waals surface area contributed by atoms with Crippen LogP contribution >= 0.6 is 0 Å². The Morgan fingerprint density at radius 2 is 2.00 bits per heavy atom. The average molecular weight is 304 g/mol. The van der Waals surface area contributed by atoms with Crippen molar-refractivity contribution in [1.82, 2.24) is 9.80 Å². The number of nitrogens with zero attached hydrogens (tertiary/aromatic N) is 2. The Labute approximate surface area is 131 Å². The SMILES string of the molecule is O=C(OCc1ccccc1)N1CC[C@@H](N(CCO)C2CC2)C1. The molecule has 1 amide bonds. The summed E-state index contributed by atoms with van der Waals surface area (Å²) in [4.78, 5) is 16.3. The average Bonchev–Trinajstić information content (AvgIpc) is 3.27. The molecule has 3 rings (SSSR count). The number of amides is 1. The van der Waals surface area contributed by atoms with Gasteiger partial charge in [0.2, 0.25) is 0 Å². The molecule has 2 fully saturated rings. The number of hydrogen-bond donors (Lipinski definition) is 1. The molecule has 1 saturated heterocycles. The van der Waals surface area contributed by atoms with E-state index in [-0.39, 0.29) is 12.7 Å². The minimum atomic E-state index is -0.230. The molecule has 1 aromatic rings. The number of carbonyl (C=O) groups is 1. The second-order valence-corrected chi connectivity index (χ2v) is 6.12. The highest BCUT2D eigenvalue weighted by Gasteiger charge is 2.38. The summed E-state index contributed by atoms with van der Waals surface area (Å²) in [6, 6.07) is 10.7. The number of carbonyl (C=O) groups excluding carboxylic acids is 1. The summed E-state index contributed by atoms with van der Waals surface area (Å²) < 4.78 is 5.40. The van der Waals surface area contributed by atoms with Crippen molar-refractivity contribution in [1.29, 1.82) is 0 Å². The van der Waals surface area contributed by atoms with E-state index in [4.69, 9.17) is 4.74 Å². The Balaban J connectivity index is 1.48. The van der Waals surface area contributed by atoms with Crippen LogP contribution in [0.5, 0.6) is 0 Å². The van der Waals surface area contributed by atoms with Crippen LogP contribution in [0.4, 0.5) is 4.79 Å². The van der Waals surface area contributed by atoms with Crippen molar-refractivity contribution in [2.24, 2.45) is 0 Å². The van der Waals surface area contributed by atoms with Gasteiger partial charge in [-0.25, -0.2) is 4.79 Å². The van der Waals surface area contributed by atoms with Gasteiger partial charge < -0.3 is 14.7 Å². The third-order valence-corrected chi connectivity index (χ3v) is 4.47. The Morgan fingerprint density at radius 1 is 1.23 bits per heavy atom. The largest absolute Gasteiger partial charge is 0.445 e. The number of rotatable bonds is 6. The summed E-state index contributed by atoms with van der Waals surface area (Å²) in [7, 11) is 0. The molecule has 0 spiro atoms. The van der Waals surface area contributed by atoms with Crippen molar-refractivity contribution < 1.29 is 14.6 Å². The minimum Gasteiger partial charge on any atom is -0.445 e. The zero-order valence-corrected chi connectivity index (χ0v) is 12.9. The van der Waals surface area contributed by atoms with Crippen LogP contribution in [0.15, 0.2) is 30.3 Å². The molecule has 0 unspecified atom stereocenters. The van der Waals surface area contributed by atoms with Gasteiger partial charge in [-0.1, -0.05) is 30.3 Å². The van der Waals surface area contributed by atoms with Crippen LogP contribution in [-0.2, 0) is 11.3 Å². The van der Waals surface area contributed by atoms with E-state index in [1.165, 1.54) is 12.8 Å². The lowest BCUT2D eigenvalue weighted by Gasteiger charge is -2.28. The molecule has 1 saturated carbocycles. The molecule has 1 aliphatic carbocycles. The van der Waals surface area contributed by atoms with Crippen molar-refractivity contribution >= 4 is 6.09 Å². The van der Waals surface area contributed by atoms with E-state index < -0.39 is 0 Å². The van der Waals surface area contributed by atoms with Crippen molar-refractivity contribution in [3.8, 4) is 0 Å². The topological polar surface area (TPSA) is 53.0 Å². The quantitative estimate of drug-likeness (QED) is 0.871. The Kier molecular flexibility index (Phi) is 4.95. The summed E-state index contributed by atoms with van der Waals surface area (Å²) >= 11 is 0. The Bertz CT molecular complexity index is 490. The summed E-state index contributed by atoms with van der Waals surface area (Å²) in [6.07, 6.45) is 3.17. The van der Waals surface area contributed by atoms with Crippen LogP contribution in [0.3, 0.4) is 0 Å². The molecule has 1 atom stereocenters. The lowest BCUT2D eigenvalue weighted by Crippen LogP contribution is -2.41. The van der Waals surface area contributed by atoms with Gasteiger partial charge in [0, 0.05) is 31.7 Å². The van der Waals surface area contributed by atoms with E-state index in [0.717, 1.165) is 18.5 Å². The molecule has 5 heteroatoms. The van der Waals surface area contributed by atoms with E-state index in [0.29, 0.717) is 31.8 Å². The van der Waals surface area contributed by atoms with Gasteiger partial charge in [-0.3, -0.25) is 4.90 Å². The smallest absolute Gasteiger partial charge is 0.410 e. The van der Waals surface area contributed by atoms with Crippen LogP contribution in [0, 0.1) is 0 Å². The van der Waals surface area contributed by atoms with E-state index in [2.05, 4.69) is 4.90 Å². The zero-order valence-electron chi connectivity index (χ0n) is 12.9. The normalized spacial score (nSPS) is 21.4. The lowest BCUT2D eigenvalue weighted by atomic mass is 10.2. The maximum Gasteiger partial charge on any atom is 0.410 e. The van der Waals surface area contributed by atoms with Crippen LogP contribution in [-0.4, -0.2) is 59.3 Å². The summed E-state index contributed by atoms with van der Waals surface area (Å²) in [6.45, 7) is 2.68. The van der Waals surface area contributed by atoms with Crippen molar-refractivity contribution in [3.63, 3.8) is 0 Å². The van der Waals surface area contributed by atoms with Gasteiger partial charge in [0.1, 0.15) is 6.61 Å². The van der Waals surface area contributed by atoms with Gasteiger partial charge >= 0.3 is 6.09 Å². The van der Waals surface area contributed by atoms with Gasteiger partial charge in [-0.05, 0) is 24.8 Å². The van der Waals surface area contributed by atoms with Gasteiger partial charge in [-0.2, -0.15) is 0 Å². The predicted octanol–water partition coefficient (Wildman–Crippen LogP) is 1.85. The molecule has 5 nitrogen and oxygen atoms in total. The van der Waals surface area contributed by atoms with Crippen molar-refractivity contribution in [2.45, 2.75) is 38.0 Å². The van der Waals surface area contributed by atoms with E-state index in [9.17, 15) is 9.90 Å². The van der Waals surface area contributed by atoms with Crippen molar-refractivity contribution in [3.05, 3.63) is 35.9 Å². The van der Waals surface area contributed by atoms with Crippen LogP contribution < -0.4 is 0 Å². The number of benzene rings is 1. The maximum absolute atomic E-state index is 12.2. The molecule has 1 heterocycles. The number of aliphatic hydroxyl groups is 1. The number of hydrogen-bond acceptors (Lipinski definition) is 4. The van der Waals surface area contributed by atoms with E-state index in [1.54, 1.807) is 4.90 Å². The fourth-order valence-corrected chi connectivity index (χ4v) is 3.17. The van der Waals surface area contributed by atoms with Gasteiger partial charge in [0.05, 0.1) is 6.61 Å². The monoisotopic (exact) mass is 304 g/mol. The summed E-state index contributed by atoms with van der Waals surface area (Å²) in [5.74, 6) is 0. The first-order valence-corrected chi connectivity index (χ1v) is 8.10. The van der Waals surface area contributed by atoms with E-state index in [1.807, 2.05) is 30.3 Å². The molecule has 0 bridgehead atoms. The second kappa shape index (κ2) is 7.11. The van der Waals surface area contributed by atoms with Crippen LogP contribution in [0.1, 0.15) is 24.8 Å². The highest BCUT2D eigenvalue weighted by atomic mass is 16.6. The first-order chi connectivity index (χ1) is 10.8. The highest BCUT2D eigenvalue weighted by molar-refractivity contribution is 5.68. The third kappa shape index (κ3) is 3.78. The van der Waals surface area contributed by atoms with Crippen molar-refractivity contribution in [2.75, 3.05) is 26.2 Å². The molecular weight excluding hydrogens is 280 g/mol. The van der Waals surface area contributed by atoms with Gasteiger partial charge in [0.15, 0.2) is 0 Å². The molecule has 2 aliphatic rings. The Morgan fingerprint density at radius 3 is 2.68 bits per heavy atom. The number of ether oxygens (including phenoxy) is 1. The van der Waals surface area contributed by atoms with E-state index >= 15 is 0 Å². The fourth-order valence-electron chi connectivity index (χ4n) is 3.17. The molecule has 1 N–H and O–H groups in total. The third-order valence-electron chi connectivity index (χ3n) is 4.47. The summed E-state index contributed by atoms with van der Waals surface area (Å²) in [5.41, 5.74) is 1.01. The van der Waals surface area contributed by atoms with Gasteiger partial charge in [0.25, 0.3) is 0 Å². The fraction of sp³-hybridized carbons (Fsp3) is 0.588. The lowest BCUT2D eigenvalue weighted by molar-refractivity contribution is 0.0972. The van der Waals surface area contributed by atoms with Crippen LogP contribution in [0.25, 0.3) is 0 Å². The molecule has 1 aliphatic heterocycles. The van der Waals surface area contributed by atoms with Gasteiger partial charge in [-0.15, -0.1) is 0 Å². The first-order valence-electron chi connectivity index (χ1n) is 8.10. The number of likely N-dealkylation sites (tertiary alicyclic amines) is 1. The molecular formula is C17H24N2O3. The molecule has 22 heavy (non-hydrogen) atoms. The molecule has 1 aromatic carbocycles.